The highest BCUT2D eigenvalue weighted by Crippen LogP contribution is 2.32. The smallest absolute Gasteiger partial charge is 0.423 e. The third-order valence-corrected chi connectivity index (χ3v) is 3.85. The van der Waals surface area contributed by atoms with Gasteiger partial charge in [-0.15, -0.1) is 11.3 Å². The van der Waals surface area contributed by atoms with Gasteiger partial charge in [0.25, 0.3) is 0 Å². The summed E-state index contributed by atoms with van der Waals surface area (Å²) in [6.07, 6.45) is 0. The molecule has 2 N–H and O–H groups in total. The fourth-order valence-electron chi connectivity index (χ4n) is 2.02. The summed E-state index contributed by atoms with van der Waals surface area (Å²) >= 11 is 1.67. The van der Waals surface area contributed by atoms with E-state index in [2.05, 4.69) is 0 Å². The van der Waals surface area contributed by atoms with Crippen LogP contribution >= 0.6 is 11.3 Å². The molecule has 3 aromatic rings. The highest BCUT2D eigenvalue weighted by molar-refractivity contribution is 7.26. The standard InChI is InChI=1S/C12H9BO2S/c14-13(15)9-5-3-7-11-12(9)8-4-1-2-6-10(8)16-11/h1-7,14-15H. The minimum absolute atomic E-state index is 0.579. The zero-order valence-corrected chi connectivity index (χ0v) is 9.24. The summed E-state index contributed by atoms with van der Waals surface area (Å²) in [7, 11) is -1.42. The molecular formula is C12H9BO2S. The summed E-state index contributed by atoms with van der Waals surface area (Å²) in [4.78, 5) is 0. The van der Waals surface area contributed by atoms with Gasteiger partial charge >= 0.3 is 7.12 Å². The van der Waals surface area contributed by atoms with E-state index in [9.17, 15) is 10.0 Å². The number of rotatable bonds is 1. The monoisotopic (exact) mass is 228 g/mol. The van der Waals surface area contributed by atoms with Crippen molar-refractivity contribution in [3.8, 4) is 0 Å². The van der Waals surface area contributed by atoms with Crippen LogP contribution in [0.3, 0.4) is 0 Å². The first kappa shape index (κ1) is 9.84. The molecule has 78 valence electrons. The van der Waals surface area contributed by atoms with E-state index in [-0.39, 0.29) is 0 Å². The van der Waals surface area contributed by atoms with Crippen molar-refractivity contribution in [3.63, 3.8) is 0 Å². The summed E-state index contributed by atoms with van der Waals surface area (Å²) < 4.78 is 2.26. The first-order valence-corrected chi connectivity index (χ1v) is 5.85. The van der Waals surface area contributed by atoms with E-state index in [1.54, 1.807) is 17.4 Å². The molecule has 0 aliphatic carbocycles. The molecule has 2 aromatic carbocycles. The first-order valence-electron chi connectivity index (χ1n) is 5.03. The van der Waals surface area contributed by atoms with Crippen LogP contribution in [-0.4, -0.2) is 17.2 Å². The lowest BCUT2D eigenvalue weighted by Gasteiger charge is -2.01. The minimum Gasteiger partial charge on any atom is -0.423 e. The van der Waals surface area contributed by atoms with Crippen molar-refractivity contribution in [1.29, 1.82) is 0 Å². The summed E-state index contributed by atoms with van der Waals surface area (Å²) in [6.45, 7) is 0. The van der Waals surface area contributed by atoms with Gasteiger partial charge in [0.05, 0.1) is 0 Å². The van der Waals surface area contributed by atoms with Gasteiger partial charge in [-0.3, -0.25) is 0 Å². The van der Waals surface area contributed by atoms with Crippen LogP contribution in [-0.2, 0) is 0 Å². The van der Waals surface area contributed by atoms with E-state index in [0.717, 1.165) is 15.5 Å². The van der Waals surface area contributed by atoms with Crippen LogP contribution in [0.25, 0.3) is 20.2 Å². The normalized spacial score (nSPS) is 11.1. The molecule has 1 aromatic heterocycles. The maximum atomic E-state index is 9.36. The highest BCUT2D eigenvalue weighted by atomic mass is 32.1. The van der Waals surface area contributed by atoms with Crippen LogP contribution in [0.4, 0.5) is 0 Å². The van der Waals surface area contributed by atoms with Crippen LogP contribution in [0.15, 0.2) is 42.5 Å². The van der Waals surface area contributed by atoms with Crippen LogP contribution in [0.5, 0.6) is 0 Å². The van der Waals surface area contributed by atoms with E-state index in [0.29, 0.717) is 5.46 Å². The highest BCUT2D eigenvalue weighted by Gasteiger charge is 2.17. The molecule has 0 saturated heterocycles. The molecule has 3 rings (SSSR count). The molecule has 0 unspecified atom stereocenters. The number of fused-ring (bicyclic) bond motifs is 3. The zero-order chi connectivity index (χ0) is 11.1. The average molecular weight is 228 g/mol. The van der Waals surface area contributed by atoms with Crippen molar-refractivity contribution < 1.29 is 10.0 Å². The number of benzene rings is 2. The SMILES string of the molecule is OB(O)c1cccc2sc3ccccc3c12. The lowest BCUT2D eigenvalue weighted by Crippen LogP contribution is -2.30. The largest absolute Gasteiger partial charge is 0.489 e. The lowest BCUT2D eigenvalue weighted by molar-refractivity contribution is 0.426. The third kappa shape index (κ3) is 1.35. The van der Waals surface area contributed by atoms with Crippen molar-refractivity contribution in [2.45, 2.75) is 0 Å². The lowest BCUT2D eigenvalue weighted by atomic mass is 9.77. The molecule has 0 radical (unpaired) electrons. The molecule has 4 heteroatoms. The van der Waals surface area contributed by atoms with Crippen LogP contribution in [0.1, 0.15) is 0 Å². The first-order chi connectivity index (χ1) is 7.77. The maximum Gasteiger partial charge on any atom is 0.489 e. The van der Waals surface area contributed by atoms with Crippen LogP contribution in [0.2, 0.25) is 0 Å². The summed E-state index contributed by atoms with van der Waals surface area (Å²) in [6, 6.07) is 13.6. The molecule has 16 heavy (non-hydrogen) atoms. The van der Waals surface area contributed by atoms with E-state index < -0.39 is 7.12 Å². The van der Waals surface area contributed by atoms with Gasteiger partial charge in [-0.1, -0.05) is 30.3 Å². The second kappa shape index (κ2) is 3.59. The Kier molecular flexibility index (Phi) is 2.21. The second-order valence-corrected chi connectivity index (χ2v) is 4.78. The Balaban J connectivity index is 2.53. The van der Waals surface area contributed by atoms with Crippen LogP contribution < -0.4 is 5.46 Å². The van der Waals surface area contributed by atoms with Crippen molar-refractivity contribution >= 4 is 44.1 Å². The van der Waals surface area contributed by atoms with Gasteiger partial charge in [0.2, 0.25) is 0 Å². The number of thiophene rings is 1. The molecule has 0 spiro atoms. The number of hydrogen-bond acceptors (Lipinski definition) is 3. The fraction of sp³-hybridized carbons (Fsp3) is 0. The third-order valence-electron chi connectivity index (χ3n) is 2.71. The van der Waals surface area contributed by atoms with Gasteiger partial charge < -0.3 is 10.0 Å². The molecule has 1 heterocycles. The second-order valence-electron chi connectivity index (χ2n) is 3.69. The van der Waals surface area contributed by atoms with Crippen molar-refractivity contribution in [2.24, 2.45) is 0 Å². The Hall–Kier alpha value is -1.36. The molecule has 0 fully saturated rings. The fourth-order valence-corrected chi connectivity index (χ4v) is 3.16. The average Bonchev–Trinajstić information content (AvgIpc) is 2.66. The summed E-state index contributed by atoms with van der Waals surface area (Å²) in [5, 5.41) is 20.8. The van der Waals surface area contributed by atoms with Crippen molar-refractivity contribution in [3.05, 3.63) is 42.5 Å². The Labute approximate surface area is 96.9 Å². The van der Waals surface area contributed by atoms with Gasteiger partial charge in [-0.2, -0.15) is 0 Å². The summed E-state index contributed by atoms with van der Waals surface area (Å²) in [5.74, 6) is 0. The van der Waals surface area contributed by atoms with Crippen LogP contribution in [0, 0.1) is 0 Å². The molecule has 2 nitrogen and oxygen atoms in total. The maximum absolute atomic E-state index is 9.36. The Morgan fingerprint density at radius 1 is 0.875 bits per heavy atom. The topological polar surface area (TPSA) is 40.5 Å². The molecular weight excluding hydrogens is 219 g/mol. The molecule has 0 saturated carbocycles. The van der Waals surface area contributed by atoms with Crippen molar-refractivity contribution in [2.75, 3.05) is 0 Å². The summed E-state index contributed by atoms with van der Waals surface area (Å²) in [5.41, 5.74) is 0.579. The van der Waals surface area contributed by atoms with Gasteiger partial charge in [0.1, 0.15) is 0 Å². The Morgan fingerprint density at radius 2 is 1.62 bits per heavy atom. The Bertz CT molecular complexity index is 660. The van der Waals surface area contributed by atoms with Gasteiger partial charge in [-0.05, 0) is 23.0 Å². The van der Waals surface area contributed by atoms with E-state index in [4.69, 9.17) is 0 Å². The van der Waals surface area contributed by atoms with E-state index in [1.165, 1.54) is 4.70 Å². The minimum atomic E-state index is -1.42. The molecule has 0 atom stereocenters. The van der Waals surface area contributed by atoms with Crippen molar-refractivity contribution in [1.82, 2.24) is 0 Å². The molecule has 0 aliphatic rings. The van der Waals surface area contributed by atoms with Gasteiger partial charge in [-0.25, -0.2) is 0 Å². The predicted octanol–water partition coefficient (Wildman–Crippen LogP) is 1.73. The molecule has 0 amide bonds. The zero-order valence-electron chi connectivity index (χ0n) is 8.42. The van der Waals surface area contributed by atoms with E-state index in [1.807, 2.05) is 36.4 Å². The molecule has 0 bridgehead atoms. The molecule has 0 aliphatic heterocycles. The quantitative estimate of drug-likeness (QED) is 0.622. The van der Waals surface area contributed by atoms with Gasteiger partial charge in [0.15, 0.2) is 0 Å². The van der Waals surface area contributed by atoms with Gasteiger partial charge in [0, 0.05) is 14.8 Å². The predicted molar refractivity (Wildman–Crippen MR) is 69.2 cm³/mol. The van der Waals surface area contributed by atoms with E-state index >= 15 is 0 Å². The number of hydrogen-bond donors (Lipinski definition) is 2. The Morgan fingerprint density at radius 3 is 2.44 bits per heavy atom.